The Morgan fingerprint density at radius 1 is 1.13 bits per heavy atom. The van der Waals surface area contributed by atoms with Crippen LogP contribution >= 0.6 is 0 Å². The second-order valence-corrected chi connectivity index (χ2v) is 7.01. The summed E-state index contributed by atoms with van der Waals surface area (Å²) >= 11 is 0. The molecule has 0 radical (unpaired) electrons. The summed E-state index contributed by atoms with van der Waals surface area (Å²) in [5.74, 6) is 0.362. The Bertz CT molecular complexity index is 1300. The fraction of sp³-hybridized carbons (Fsp3) is 0.286. The number of ether oxygens (including phenoxy) is 1. The molecule has 0 unspecified atom stereocenters. The van der Waals surface area contributed by atoms with E-state index in [1.54, 1.807) is 12.3 Å². The van der Waals surface area contributed by atoms with Crippen LogP contribution in [-0.4, -0.2) is 30.9 Å². The first-order valence-corrected chi connectivity index (χ1v) is 9.58. The van der Waals surface area contributed by atoms with Gasteiger partial charge in [0.1, 0.15) is 18.6 Å². The Labute approximate surface area is 171 Å². The third kappa shape index (κ3) is 4.14. The summed E-state index contributed by atoms with van der Waals surface area (Å²) in [5.41, 5.74) is 2.04. The van der Waals surface area contributed by atoms with E-state index in [2.05, 4.69) is 15.1 Å². The lowest BCUT2D eigenvalue weighted by Gasteiger charge is -2.06. The molecular weight excluding hydrogens is 386 g/mol. The standard InChI is InChI=1S/C21H21N5O4/c1-14-5-3-6-16(11-14)29-10-4-9-26-21(28)30-17(24-26)12-25-13-23-19-18(20(25)27)15(2)7-8-22-19/h3,5-8,11,13H,4,9-10,12H2,1-2H3. The molecule has 9 heteroatoms. The zero-order valence-electron chi connectivity index (χ0n) is 16.7. The monoisotopic (exact) mass is 407 g/mol. The summed E-state index contributed by atoms with van der Waals surface area (Å²) in [6.07, 6.45) is 3.58. The molecule has 1 aromatic carbocycles. The second kappa shape index (κ2) is 8.32. The van der Waals surface area contributed by atoms with Crippen LogP contribution in [0.25, 0.3) is 11.0 Å². The van der Waals surface area contributed by atoms with Gasteiger partial charge in [-0.1, -0.05) is 12.1 Å². The van der Waals surface area contributed by atoms with Gasteiger partial charge in [-0.2, -0.15) is 4.68 Å². The number of hydrogen-bond donors (Lipinski definition) is 0. The SMILES string of the molecule is Cc1cccc(OCCCn2nc(Cn3cnc4nccc(C)c4c3=O)oc2=O)c1. The highest BCUT2D eigenvalue weighted by molar-refractivity contribution is 5.76. The Kier molecular flexibility index (Phi) is 5.42. The molecule has 3 heterocycles. The van der Waals surface area contributed by atoms with Crippen molar-refractivity contribution in [1.82, 2.24) is 24.3 Å². The van der Waals surface area contributed by atoms with Crippen LogP contribution in [-0.2, 0) is 13.1 Å². The summed E-state index contributed by atoms with van der Waals surface area (Å²) in [6.45, 7) is 4.63. The molecule has 154 valence electrons. The lowest BCUT2D eigenvalue weighted by molar-refractivity contribution is 0.295. The van der Waals surface area contributed by atoms with Crippen LogP contribution in [0.1, 0.15) is 23.4 Å². The molecule has 0 aliphatic rings. The largest absolute Gasteiger partial charge is 0.494 e. The summed E-state index contributed by atoms with van der Waals surface area (Å²) in [7, 11) is 0. The van der Waals surface area contributed by atoms with Gasteiger partial charge in [0.15, 0.2) is 5.65 Å². The number of nitrogens with zero attached hydrogens (tertiary/aromatic N) is 5. The fourth-order valence-electron chi connectivity index (χ4n) is 3.15. The average Bonchev–Trinajstić information content (AvgIpc) is 3.07. The van der Waals surface area contributed by atoms with E-state index >= 15 is 0 Å². The number of aromatic nitrogens is 5. The van der Waals surface area contributed by atoms with Crippen LogP contribution in [0.2, 0.25) is 0 Å². The fourth-order valence-corrected chi connectivity index (χ4v) is 3.15. The first kappa shape index (κ1) is 19.6. The van der Waals surface area contributed by atoms with Gasteiger partial charge in [-0.05, 0) is 43.2 Å². The van der Waals surface area contributed by atoms with Crippen molar-refractivity contribution < 1.29 is 9.15 Å². The number of rotatable bonds is 7. The third-order valence-electron chi connectivity index (χ3n) is 4.66. The highest BCUT2D eigenvalue weighted by Crippen LogP contribution is 2.12. The van der Waals surface area contributed by atoms with Gasteiger partial charge in [0.05, 0.1) is 18.5 Å². The summed E-state index contributed by atoms with van der Waals surface area (Å²) < 4.78 is 13.5. The maximum absolute atomic E-state index is 12.7. The number of benzene rings is 1. The zero-order chi connectivity index (χ0) is 21.1. The van der Waals surface area contributed by atoms with Crippen LogP contribution in [0.15, 0.2) is 56.9 Å². The first-order valence-electron chi connectivity index (χ1n) is 9.58. The molecule has 0 saturated heterocycles. The summed E-state index contributed by atoms with van der Waals surface area (Å²) in [5, 5.41) is 4.63. The molecule has 3 aromatic heterocycles. The molecule has 0 bridgehead atoms. The third-order valence-corrected chi connectivity index (χ3v) is 4.66. The van der Waals surface area contributed by atoms with Crippen LogP contribution in [0.5, 0.6) is 5.75 Å². The van der Waals surface area contributed by atoms with Crippen LogP contribution < -0.4 is 16.1 Å². The van der Waals surface area contributed by atoms with Gasteiger partial charge in [0, 0.05) is 12.6 Å². The summed E-state index contributed by atoms with van der Waals surface area (Å²) in [6, 6.07) is 9.52. The molecule has 0 saturated carbocycles. The van der Waals surface area contributed by atoms with Gasteiger partial charge in [-0.15, -0.1) is 5.10 Å². The van der Waals surface area contributed by atoms with Crippen molar-refractivity contribution in [2.24, 2.45) is 0 Å². The lowest BCUT2D eigenvalue weighted by Crippen LogP contribution is -2.22. The molecule has 0 amide bonds. The molecular formula is C21H21N5O4. The number of aryl methyl sites for hydroxylation is 3. The van der Waals surface area contributed by atoms with Gasteiger partial charge >= 0.3 is 5.76 Å². The van der Waals surface area contributed by atoms with Gasteiger partial charge in [0.25, 0.3) is 5.56 Å². The highest BCUT2D eigenvalue weighted by atomic mass is 16.5. The van der Waals surface area contributed by atoms with E-state index in [0.717, 1.165) is 16.9 Å². The topological polar surface area (TPSA) is 105 Å². The molecule has 0 atom stereocenters. The number of pyridine rings is 1. The highest BCUT2D eigenvalue weighted by Gasteiger charge is 2.12. The molecule has 0 spiro atoms. The van der Waals surface area contributed by atoms with Crippen molar-refractivity contribution in [3.63, 3.8) is 0 Å². The minimum absolute atomic E-state index is 0.0120. The van der Waals surface area contributed by atoms with Crippen LogP contribution in [0, 0.1) is 13.8 Å². The predicted molar refractivity (Wildman–Crippen MR) is 110 cm³/mol. The Hall–Kier alpha value is -3.75. The van der Waals surface area contributed by atoms with Gasteiger partial charge in [-0.25, -0.2) is 14.8 Å². The van der Waals surface area contributed by atoms with Crippen molar-refractivity contribution >= 4 is 11.0 Å². The minimum Gasteiger partial charge on any atom is -0.494 e. The first-order chi connectivity index (χ1) is 14.5. The van der Waals surface area contributed by atoms with Crippen LogP contribution in [0.3, 0.4) is 0 Å². The van der Waals surface area contributed by atoms with Gasteiger partial charge < -0.3 is 9.15 Å². The quantitative estimate of drug-likeness (QED) is 0.432. The Morgan fingerprint density at radius 3 is 2.83 bits per heavy atom. The van der Waals surface area contributed by atoms with Crippen molar-refractivity contribution in [2.75, 3.05) is 6.61 Å². The minimum atomic E-state index is -0.569. The van der Waals surface area contributed by atoms with E-state index in [1.807, 2.05) is 38.1 Å². The lowest BCUT2D eigenvalue weighted by atomic mass is 10.2. The molecule has 0 aliphatic heterocycles. The molecule has 30 heavy (non-hydrogen) atoms. The van der Waals surface area contributed by atoms with E-state index in [0.29, 0.717) is 30.6 Å². The smallest absolute Gasteiger partial charge is 0.437 e. The second-order valence-electron chi connectivity index (χ2n) is 7.01. The number of hydrogen-bond acceptors (Lipinski definition) is 7. The maximum Gasteiger partial charge on any atom is 0.437 e. The molecule has 0 N–H and O–H groups in total. The maximum atomic E-state index is 12.7. The molecule has 4 rings (SSSR count). The Balaban J connectivity index is 1.42. The van der Waals surface area contributed by atoms with E-state index in [1.165, 1.54) is 15.6 Å². The van der Waals surface area contributed by atoms with Crippen molar-refractivity contribution in [1.29, 1.82) is 0 Å². The van der Waals surface area contributed by atoms with E-state index in [9.17, 15) is 9.59 Å². The molecule has 4 aromatic rings. The van der Waals surface area contributed by atoms with Crippen molar-refractivity contribution in [2.45, 2.75) is 33.4 Å². The normalized spacial score (nSPS) is 11.1. The van der Waals surface area contributed by atoms with Gasteiger partial charge in [0.2, 0.25) is 5.89 Å². The number of fused-ring (bicyclic) bond motifs is 1. The van der Waals surface area contributed by atoms with E-state index in [4.69, 9.17) is 9.15 Å². The average molecular weight is 407 g/mol. The van der Waals surface area contributed by atoms with Crippen molar-refractivity contribution in [3.05, 3.63) is 80.8 Å². The molecule has 0 aliphatic carbocycles. The Morgan fingerprint density at radius 2 is 2.00 bits per heavy atom. The van der Waals surface area contributed by atoms with Gasteiger partial charge in [-0.3, -0.25) is 9.36 Å². The summed E-state index contributed by atoms with van der Waals surface area (Å²) in [4.78, 5) is 33.1. The molecule has 9 nitrogen and oxygen atoms in total. The van der Waals surface area contributed by atoms with Crippen molar-refractivity contribution in [3.8, 4) is 5.75 Å². The van der Waals surface area contributed by atoms with E-state index < -0.39 is 5.76 Å². The predicted octanol–water partition coefficient (Wildman–Crippen LogP) is 2.08. The van der Waals surface area contributed by atoms with E-state index in [-0.39, 0.29) is 18.0 Å². The zero-order valence-corrected chi connectivity index (χ0v) is 16.7. The molecule has 0 fully saturated rings. The van der Waals surface area contributed by atoms with Crippen LogP contribution in [0.4, 0.5) is 0 Å².